The van der Waals surface area contributed by atoms with Crippen molar-refractivity contribution in [3.05, 3.63) is 76.4 Å². The van der Waals surface area contributed by atoms with Gasteiger partial charge in [-0.15, -0.1) is 5.10 Å². The van der Waals surface area contributed by atoms with E-state index >= 15 is 0 Å². The SMILES string of the molecule is O=C1CCCCC(N2Cc3c(OCc4ccc(CN5CCn6nc(C(F)(F)F)nc6C5)cc4)cccc3C2=O)C(=O)N1. The van der Waals surface area contributed by atoms with Crippen LogP contribution in [0.2, 0.25) is 0 Å². The van der Waals surface area contributed by atoms with Gasteiger partial charge in [-0.05, 0) is 36.1 Å². The highest BCUT2D eigenvalue weighted by Crippen LogP contribution is 2.34. The summed E-state index contributed by atoms with van der Waals surface area (Å²) in [4.78, 5) is 45.0. The zero-order chi connectivity index (χ0) is 29.4. The first-order valence-electron chi connectivity index (χ1n) is 13.9. The molecule has 0 bridgehead atoms. The van der Waals surface area contributed by atoms with Crippen LogP contribution in [0.4, 0.5) is 13.2 Å². The predicted octanol–water partition coefficient (Wildman–Crippen LogP) is 3.43. The second kappa shape index (κ2) is 11.2. The molecule has 0 radical (unpaired) electrons. The molecule has 4 heterocycles. The highest BCUT2D eigenvalue weighted by Gasteiger charge is 2.39. The zero-order valence-corrected chi connectivity index (χ0v) is 22.7. The van der Waals surface area contributed by atoms with Crippen molar-refractivity contribution in [2.75, 3.05) is 6.54 Å². The van der Waals surface area contributed by atoms with Gasteiger partial charge in [0.1, 0.15) is 24.2 Å². The summed E-state index contributed by atoms with van der Waals surface area (Å²) in [5.41, 5.74) is 3.11. The van der Waals surface area contributed by atoms with Gasteiger partial charge in [-0.1, -0.05) is 36.8 Å². The Morgan fingerprint density at radius 1 is 0.976 bits per heavy atom. The van der Waals surface area contributed by atoms with Gasteiger partial charge in [-0.2, -0.15) is 13.2 Å². The lowest BCUT2D eigenvalue weighted by Gasteiger charge is -2.28. The summed E-state index contributed by atoms with van der Waals surface area (Å²) in [6.45, 7) is 2.23. The minimum absolute atomic E-state index is 0.226. The summed E-state index contributed by atoms with van der Waals surface area (Å²) in [7, 11) is 0. The quantitative estimate of drug-likeness (QED) is 0.444. The number of hydrogen-bond acceptors (Lipinski definition) is 7. The molecule has 1 unspecified atom stereocenters. The number of nitrogens with one attached hydrogen (secondary N) is 1. The van der Waals surface area contributed by atoms with Crippen LogP contribution in [0.3, 0.4) is 0 Å². The van der Waals surface area contributed by atoms with Crippen LogP contribution < -0.4 is 10.1 Å². The van der Waals surface area contributed by atoms with Crippen LogP contribution in [0.25, 0.3) is 0 Å². The van der Waals surface area contributed by atoms with E-state index in [2.05, 4.69) is 15.4 Å². The van der Waals surface area contributed by atoms with Gasteiger partial charge < -0.3 is 9.64 Å². The van der Waals surface area contributed by atoms with Crippen LogP contribution in [0, 0.1) is 0 Å². The Balaban J connectivity index is 1.07. The number of fused-ring (bicyclic) bond motifs is 2. The lowest BCUT2D eigenvalue weighted by molar-refractivity contribution is -0.145. The minimum Gasteiger partial charge on any atom is -0.489 e. The summed E-state index contributed by atoms with van der Waals surface area (Å²) in [5.74, 6) is -1.25. The number of ether oxygens (including phenoxy) is 1. The van der Waals surface area contributed by atoms with Crippen molar-refractivity contribution in [2.45, 2.75) is 70.7 Å². The van der Waals surface area contributed by atoms with Gasteiger partial charge in [-0.25, -0.2) is 9.67 Å². The molecule has 1 fully saturated rings. The number of hydrogen-bond donors (Lipinski definition) is 1. The predicted molar refractivity (Wildman–Crippen MR) is 142 cm³/mol. The Morgan fingerprint density at radius 3 is 2.55 bits per heavy atom. The van der Waals surface area contributed by atoms with Crippen LogP contribution in [0.1, 0.15) is 64.4 Å². The smallest absolute Gasteiger partial charge is 0.453 e. The Kier molecular flexibility index (Phi) is 7.43. The molecule has 1 atom stereocenters. The number of nitrogens with zero attached hydrogens (tertiary/aromatic N) is 5. The van der Waals surface area contributed by atoms with Crippen LogP contribution in [0.15, 0.2) is 42.5 Å². The summed E-state index contributed by atoms with van der Waals surface area (Å²) in [6, 6.07) is 12.3. The van der Waals surface area contributed by atoms with Crippen molar-refractivity contribution in [1.29, 1.82) is 0 Å². The molecular formula is C29H29F3N6O4. The van der Waals surface area contributed by atoms with E-state index in [1.54, 1.807) is 18.2 Å². The van der Waals surface area contributed by atoms with E-state index < -0.39 is 23.9 Å². The van der Waals surface area contributed by atoms with Gasteiger partial charge in [0.2, 0.25) is 11.8 Å². The summed E-state index contributed by atoms with van der Waals surface area (Å²) in [5, 5.41) is 5.98. The number of amides is 3. The van der Waals surface area contributed by atoms with Crippen LogP contribution >= 0.6 is 0 Å². The summed E-state index contributed by atoms with van der Waals surface area (Å²) in [6.07, 6.45) is -2.41. The summed E-state index contributed by atoms with van der Waals surface area (Å²) < 4.78 is 46.3. The molecule has 1 saturated heterocycles. The molecule has 0 spiro atoms. The molecule has 0 aliphatic carbocycles. The van der Waals surface area contributed by atoms with Crippen molar-refractivity contribution >= 4 is 17.7 Å². The standard InChI is InChI=1S/C29H29F3N6O4/c30-29(31,32)28-33-24-16-36(12-13-38(24)35-28)14-18-8-10-19(11-9-18)17-42-23-6-3-4-20-21(23)15-37(27(20)41)22-5-1-2-7-25(39)34-26(22)40/h3-4,6,8-11,22H,1-2,5,7,12-17H2,(H,34,39,40). The highest BCUT2D eigenvalue weighted by molar-refractivity contribution is 6.04. The fourth-order valence-electron chi connectivity index (χ4n) is 5.65. The normalized spacial score (nSPS) is 19.6. The van der Waals surface area contributed by atoms with Gasteiger partial charge in [0.05, 0.1) is 19.6 Å². The van der Waals surface area contributed by atoms with Crippen LogP contribution in [-0.4, -0.2) is 54.9 Å². The fourth-order valence-corrected chi connectivity index (χ4v) is 5.65. The topological polar surface area (TPSA) is 110 Å². The molecule has 6 rings (SSSR count). The van der Waals surface area contributed by atoms with Crippen LogP contribution in [0.5, 0.6) is 5.75 Å². The molecule has 10 nitrogen and oxygen atoms in total. The molecule has 3 amide bonds. The largest absolute Gasteiger partial charge is 0.489 e. The second-order valence-corrected chi connectivity index (χ2v) is 10.8. The molecule has 1 aromatic heterocycles. The molecule has 220 valence electrons. The highest BCUT2D eigenvalue weighted by atomic mass is 19.4. The first-order valence-corrected chi connectivity index (χ1v) is 13.9. The maximum absolute atomic E-state index is 13.2. The van der Waals surface area contributed by atoms with Crippen molar-refractivity contribution in [1.82, 2.24) is 29.9 Å². The van der Waals surface area contributed by atoms with Crippen molar-refractivity contribution < 1.29 is 32.3 Å². The number of benzene rings is 2. The van der Waals surface area contributed by atoms with E-state index in [1.165, 1.54) is 9.58 Å². The van der Waals surface area contributed by atoms with Gasteiger partial charge >= 0.3 is 6.18 Å². The van der Waals surface area contributed by atoms with Gasteiger partial charge in [0.15, 0.2) is 0 Å². The Hall–Kier alpha value is -4.26. The average Bonchev–Trinajstić information content (AvgIpc) is 3.53. The molecule has 42 heavy (non-hydrogen) atoms. The number of carbonyl (C=O) groups is 3. The number of rotatable bonds is 6. The van der Waals surface area contributed by atoms with E-state index in [-0.39, 0.29) is 31.5 Å². The minimum atomic E-state index is -4.56. The third-order valence-electron chi connectivity index (χ3n) is 7.84. The van der Waals surface area contributed by atoms with Crippen LogP contribution in [-0.2, 0) is 48.6 Å². The number of imide groups is 1. The Bertz CT molecular complexity index is 1520. The molecular weight excluding hydrogens is 553 g/mol. The monoisotopic (exact) mass is 582 g/mol. The molecule has 2 aromatic carbocycles. The lowest BCUT2D eigenvalue weighted by Crippen LogP contribution is -2.49. The van der Waals surface area contributed by atoms with Gasteiger partial charge in [0.25, 0.3) is 11.7 Å². The van der Waals surface area contributed by atoms with Crippen molar-refractivity contribution in [3.63, 3.8) is 0 Å². The van der Waals surface area contributed by atoms with E-state index in [0.29, 0.717) is 68.0 Å². The Morgan fingerprint density at radius 2 is 1.76 bits per heavy atom. The molecule has 1 N–H and O–H groups in total. The lowest BCUT2D eigenvalue weighted by atomic mass is 10.0. The number of carbonyl (C=O) groups excluding carboxylic acids is 3. The van der Waals surface area contributed by atoms with Crippen molar-refractivity contribution in [3.8, 4) is 5.75 Å². The Labute approximate surface area is 239 Å². The van der Waals surface area contributed by atoms with E-state index in [9.17, 15) is 27.6 Å². The first kappa shape index (κ1) is 27.9. The number of alkyl halides is 3. The van der Waals surface area contributed by atoms with Gasteiger partial charge in [0, 0.05) is 30.6 Å². The molecule has 3 aliphatic heterocycles. The van der Waals surface area contributed by atoms with E-state index in [1.807, 2.05) is 29.2 Å². The third-order valence-corrected chi connectivity index (χ3v) is 7.84. The third kappa shape index (κ3) is 5.73. The second-order valence-electron chi connectivity index (χ2n) is 10.8. The van der Waals surface area contributed by atoms with E-state index in [4.69, 9.17) is 4.74 Å². The number of halogens is 3. The maximum Gasteiger partial charge on any atom is 0.453 e. The van der Waals surface area contributed by atoms with Crippen molar-refractivity contribution in [2.24, 2.45) is 0 Å². The number of aromatic nitrogens is 3. The molecule has 0 saturated carbocycles. The molecule has 3 aromatic rings. The maximum atomic E-state index is 13.2. The molecule has 3 aliphatic rings. The molecule has 13 heteroatoms. The average molecular weight is 583 g/mol. The van der Waals surface area contributed by atoms with Gasteiger partial charge in [-0.3, -0.25) is 24.6 Å². The zero-order valence-electron chi connectivity index (χ0n) is 22.7. The van der Waals surface area contributed by atoms with E-state index in [0.717, 1.165) is 11.1 Å². The first-order chi connectivity index (χ1) is 20.2. The fraction of sp³-hybridized carbons (Fsp3) is 0.414. The summed E-state index contributed by atoms with van der Waals surface area (Å²) >= 11 is 0.